The highest BCUT2D eigenvalue weighted by atomic mass is 32.1. The largest absolute Gasteiger partial charge is 0.484 e. The molecular formula is C13H14N2O3S. The highest BCUT2D eigenvalue weighted by Gasteiger charge is 2.18. The van der Waals surface area contributed by atoms with Crippen LogP contribution in [-0.2, 0) is 6.61 Å². The monoisotopic (exact) mass is 278 g/mol. The van der Waals surface area contributed by atoms with Crippen LogP contribution in [0.25, 0.3) is 0 Å². The third-order valence-corrected chi connectivity index (χ3v) is 3.86. The predicted molar refractivity (Wildman–Crippen MR) is 71.7 cm³/mol. The number of hydrogen-bond acceptors (Lipinski definition) is 5. The Bertz CT molecular complexity index is 567. The highest BCUT2D eigenvalue weighted by Crippen LogP contribution is 2.34. The van der Waals surface area contributed by atoms with Crippen molar-refractivity contribution in [2.24, 2.45) is 0 Å². The zero-order valence-electron chi connectivity index (χ0n) is 10.7. The Morgan fingerprint density at radius 2 is 2.11 bits per heavy atom. The Kier molecular flexibility index (Phi) is 4.11. The first-order valence-corrected chi connectivity index (χ1v) is 6.65. The number of carboxylic acid groups (broad SMARTS) is 1. The minimum absolute atomic E-state index is 0.162. The Balaban J connectivity index is 2.17. The molecule has 2 aromatic heterocycles. The molecule has 5 nitrogen and oxygen atoms in total. The fraction of sp³-hybridized carbons (Fsp3) is 0.308. The summed E-state index contributed by atoms with van der Waals surface area (Å²) in [4.78, 5) is 20.4. The molecule has 0 bridgehead atoms. The van der Waals surface area contributed by atoms with Gasteiger partial charge in [0.25, 0.3) is 0 Å². The van der Waals surface area contributed by atoms with Crippen LogP contribution in [0.4, 0.5) is 0 Å². The molecule has 6 heteroatoms. The van der Waals surface area contributed by atoms with Gasteiger partial charge in [0.2, 0.25) is 0 Å². The molecular weight excluding hydrogens is 264 g/mol. The van der Waals surface area contributed by atoms with Gasteiger partial charge in [0, 0.05) is 17.3 Å². The lowest BCUT2D eigenvalue weighted by Crippen LogP contribution is -2.02. The summed E-state index contributed by atoms with van der Waals surface area (Å²) in [5.41, 5.74) is 0. The predicted octanol–water partition coefficient (Wildman–Crippen LogP) is 2.94. The van der Waals surface area contributed by atoms with E-state index in [4.69, 9.17) is 9.84 Å². The van der Waals surface area contributed by atoms with Crippen molar-refractivity contribution in [2.45, 2.75) is 26.4 Å². The zero-order valence-corrected chi connectivity index (χ0v) is 11.5. The van der Waals surface area contributed by atoms with Gasteiger partial charge >= 0.3 is 5.97 Å². The molecule has 1 N–H and O–H groups in total. The third kappa shape index (κ3) is 3.29. The number of carboxylic acids is 1. The second kappa shape index (κ2) is 5.79. The molecule has 0 aliphatic carbocycles. The molecule has 19 heavy (non-hydrogen) atoms. The van der Waals surface area contributed by atoms with E-state index in [9.17, 15) is 4.79 Å². The van der Waals surface area contributed by atoms with E-state index >= 15 is 0 Å². The fourth-order valence-corrected chi connectivity index (χ4v) is 2.42. The molecule has 0 aromatic carbocycles. The molecule has 0 fully saturated rings. The van der Waals surface area contributed by atoms with Gasteiger partial charge in [0.05, 0.1) is 0 Å². The number of aromatic carboxylic acids is 1. The van der Waals surface area contributed by atoms with Crippen molar-refractivity contribution in [2.75, 3.05) is 0 Å². The van der Waals surface area contributed by atoms with Gasteiger partial charge in [-0.1, -0.05) is 13.8 Å². The SMILES string of the molecule is CC(C)c1cc(OCc2ncccn2)c(C(=O)O)s1. The average Bonchev–Trinajstić information content (AvgIpc) is 2.82. The van der Waals surface area contributed by atoms with Crippen LogP contribution in [0.2, 0.25) is 0 Å². The van der Waals surface area contributed by atoms with Crippen molar-refractivity contribution < 1.29 is 14.6 Å². The standard InChI is InChI=1S/C13H14N2O3S/c1-8(2)10-6-9(12(19-10)13(16)17)18-7-11-14-4-3-5-15-11/h3-6,8H,7H2,1-2H3,(H,16,17). The number of thiophene rings is 1. The normalized spacial score (nSPS) is 10.7. The fourth-order valence-electron chi connectivity index (χ4n) is 1.48. The summed E-state index contributed by atoms with van der Waals surface area (Å²) in [6.45, 7) is 4.19. The van der Waals surface area contributed by atoms with Crippen LogP contribution in [0.5, 0.6) is 5.75 Å². The number of nitrogens with zero attached hydrogens (tertiary/aromatic N) is 2. The quantitative estimate of drug-likeness (QED) is 0.910. The first-order chi connectivity index (χ1) is 9.08. The summed E-state index contributed by atoms with van der Waals surface area (Å²) < 4.78 is 5.52. The maximum absolute atomic E-state index is 11.2. The minimum atomic E-state index is -0.971. The van der Waals surface area contributed by atoms with E-state index in [0.717, 1.165) is 4.88 Å². The Morgan fingerprint density at radius 3 is 2.68 bits per heavy atom. The van der Waals surface area contributed by atoms with Crippen molar-refractivity contribution in [3.8, 4) is 5.75 Å². The van der Waals surface area contributed by atoms with Crippen molar-refractivity contribution in [1.82, 2.24) is 9.97 Å². The number of hydrogen-bond donors (Lipinski definition) is 1. The lowest BCUT2D eigenvalue weighted by Gasteiger charge is -2.03. The van der Waals surface area contributed by atoms with Crippen molar-refractivity contribution >= 4 is 17.3 Å². The van der Waals surface area contributed by atoms with Gasteiger partial charge in [-0.05, 0) is 18.1 Å². The van der Waals surface area contributed by atoms with Gasteiger partial charge in [0.15, 0.2) is 10.7 Å². The summed E-state index contributed by atoms with van der Waals surface area (Å²) in [6, 6.07) is 3.50. The lowest BCUT2D eigenvalue weighted by atomic mass is 10.2. The second-order valence-electron chi connectivity index (χ2n) is 4.26. The van der Waals surface area contributed by atoms with Crippen molar-refractivity contribution in [3.63, 3.8) is 0 Å². The van der Waals surface area contributed by atoms with Crippen LogP contribution < -0.4 is 4.74 Å². The topological polar surface area (TPSA) is 72.3 Å². The molecule has 0 aliphatic rings. The number of rotatable bonds is 5. The Hall–Kier alpha value is -1.95. The van der Waals surface area contributed by atoms with Crippen LogP contribution >= 0.6 is 11.3 Å². The van der Waals surface area contributed by atoms with E-state index in [1.54, 1.807) is 24.5 Å². The molecule has 100 valence electrons. The van der Waals surface area contributed by atoms with Crippen LogP contribution in [0, 0.1) is 0 Å². The number of aromatic nitrogens is 2. The molecule has 2 rings (SSSR count). The zero-order chi connectivity index (χ0) is 13.8. The molecule has 2 aromatic rings. The maximum atomic E-state index is 11.2. The summed E-state index contributed by atoms with van der Waals surface area (Å²) in [6.07, 6.45) is 3.24. The van der Waals surface area contributed by atoms with E-state index in [0.29, 0.717) is 11.6 Å². The third-order valence-electron chi connectivity index (χ3n) is 2.46. The second-order valence-corrected chi connectivity index (χ2v) is 5.34. The van der Waals surface area contributed by atoms with Gasteiger partial charge in [0.1, 0.15) is 12.4 Å². The number of ether oxygens (including phenoxy) is 1. The Morgan fingerprint density at radius 1 is 1.42 bits per heavy atom. The molecule has 0 radical (unpaired) electrons. The average molecular weight is 278 g/mol. The molecule has 0 spiro atoms. The van der Waals surface area contributed by atoms with Gasteiger partial charge in [-0.25, -0.2) is 14.8 Å². The van der Waals surface area contributed by atoms with Gasteiger partial charge in [-0.3, -0.25) is 0 Å². The van der Waals surface area contributed by atoms with E-state index in [-0.39, 0.29) is 17.4 Å². The van der Waals surface area contributed by atoms with Crippen molar-refractivity contribution in [1.29, 1.82) is 0 Å². The molecule has 0 unspecified atom stereocenters. The van der Waals surface area contributed by atoms with Gasteiger partial charge in [-0.2, -0.15) is 0 Å². The number of carbonyl (C=O) groups is 1. The molecule has 2 heterocycles. The molecule has 0 saturated heterocycles. The summed E-state index contributed by atoms with van der Waals surface area (Å²) >= 11 is 1.25. The van der Waals surface area contributed by atoms with E-state index < -0.39 is 5.97 Å². The first-order valence-electron chi connectivity index (χ1n) is 5.83. The van der Waals surface area contributed by atoms with Crippen molar-refractivity contribution in [3.05, 3.63) is 40.1 Å². The van der Waals surface area contributed by atoms with Crippen LogP contribution in [0.1, 0.15) is 40.1 Å². The van der Waals surface area contributed by atoms with Gasteiger partial charge in [-0.15, -0.1) is 11.3 Å². The highest BCUT2D eigenvalue weighted by molar-refractivity contribution is 7.14. The summed E-state index contributed by atoms with van der Waals surface area (Å²) in [5, 5.41) is 9.16. The summed E-state index contributed by atoms with van der Waals surface area (Å²) in [5.74, 6) is 0.207. The van der Waals surface area contributed by atoms with Crippen LogP contribution in [-0.4, -0.2) is 21.0 Å². The molecule has 0 atom stereocenters. The first kappa shape index (κ1) is 13.5. The molecule has 0 amide bonds. The Labute approximate surface area is 114 Å². The molecule has 0 aliphatic heterocycles. The van der Waals surface area contributed by atoms with Crippen LogP contribution in [0.3, 0.4) is 0 Å². The van der Waals surface area contributed by atoms with E-state index in [1.807, 2.05) is 13.8 Å². The lowest BCUT2D eigenvalue weighted by molar-refractivity contribution is 0.0697. The van der Waals surface area contributed by atoms with E-state index in [2.05, 4.69) is 9.97 Å². The van der Waals surface area contributed by atoms with Crippen LogP contribution in [0.15, 0.2) is 24.5 Å². The smallest absolute Gasteiger partial charge is 0.349 e. The maximum Gasteiger partial charge on any atom is 0.349 e. The van der Waals surface area contributed by atoms with E-state index in [1.165, 1.54) is 11.3 Å². The van der Waals surface area contributed by atoms with Gasteiger partial charge < -0.3 is 9.84 Å². The molecule has 0 saturated carbocycles. The summed E-state index contributed by atoms with van der Waals surface area (Å²) in [7, 11) is 0. The minimum Gasteiger partial charge on any atom is -0.484 e.